The number of aliphatic hydroxyl groups is 1. The van der Waals surface area contributed by atoms with Crippen molar-refractivity contribution < 1.29 is 48.1 Å². The number of ether oxygens (including phenoxy) is 2. The highest BCUT2D eigenvalue weighted by Gasteiger charge is 2.30. The van der Waals surface area contributed by atoms with E-state index in [4.69, 9.17) is 19.1 Å². The van der Waals surface area contributed by atoms with Gasteiger partial charge in [-0.2, -0.15) is 0 Å². The van der Waals surface area contributed by atoms with Crippen molar-refractivity contribution in [1.29, 1.82) is 0 Å². The quantitative estimate of drug-likeness (QED) is 0.0202. The summed E-state index contributed by atoms with van der Waals surface area (Å²) in [6, 6.07) is -1.73. The fraction of sp³-hybridized carbons (Fsp3) is 0.833. The van der Waals surface area contributed by atoms with Crippen LogP contribution in [0.2, 0.25) is 0 Å². The van der Waals surface area contributed by atoms with E-state index in [0.717, 1.165) is 77.0 Å². The fourth-order valence-corrected chi connectivity index (χ4v) is 6.92. The van der Waals surface area contributed by atoms with Crippen LogP contribution in [0.3, 0.4) is 0 Å². The van der Waals surface area contributed by atoms with Gasteiger partial charge in [-0.3, -0.25) is 18.9 Å². The molecule has 0 spiro atoms. The third-order valence-electron chi connectivity index (χ3n) is 9.25. The molecule has 2 unspecified atom stereocenters. The van der Waals surface area contributed by atoms with Crippen LogP contribution in [0, 0.1) is 0 Å². The van der Waals surface area contributed by atoms with E-state index in [1.54, 1.807) is 0 Å². The second-order valence-corrected chi connectivity index (χ2v) is 16.0. The Morgan fingerprint density at radius 1 is 0.593 bits per heavy atom. The number of unbranched alkanes of at least 4 members (excludes halogenated alkanes) is 22. The van der Waals surface area contributed by atoms with Crippen molar-refractivity contribution in [3.8, 4) is 0 Å². The van der Waals surface area contributed by atoms with Gasteiger partial charge in [0.05, 0.1) is 13.2 Å². The van der Waals surface area contributed by atoms with Gasteiger partial charge in [0.25, 0.3) is 0 Å². The highest BCUT2D eigenvalue weighted by atomic mass is 31.2. The fourth-order valence-electron chi connectivity index (χ4n) is 5.89. The molecular weight excluding hydrogens is 709 g/mol. The van der Waals surface area contributed by atoms with E-state index in [0.29, 0.717) is 12.8 Å². The summed E-state index contributed by atoms with van der Waals surface area (Å²) in [5, 5.41) is 20.1. The summed E-state index contributed by atoms with van der Waals surface area (Å²) in [5.41, 5.74) is 0. The van der Waals surface area contributed by atoms with E-state index in [1.165, 1.54) is 77.0 Å². The van der Waals surface area contributed by atoms with E-state index < -0.39 is 51.0 Å². The lowest BCUT2D eigenvalue weighted by atomic mass is 10.1. The molecule has 0 amide bonds. The van der Waals surface area contributed by atoms with Crippen LogP contribution in [0.25, 0.3) is 0 Å². The first-order valence-electron chi connectivity index (χ1n) is 21.4. The van der Waals surface area contributed by atoms with Crippen LogP contribution < -0.4 is 5.09 Å². The van der Waals surface area contributed by atoms with Gasteiger partial charge in [-0.05, 0) is 64.2 Å². The molecule has 0 aliphatic carbocycles. The van der Waals surface area contributed by atoms with Crippen LogP contribution in [0.5, 0.6) is 0 Å². The molecule has 0 fully saturated rings. The van der Waals surface area contributed by atoms with Gasteiger partial charge in [0.15, 0.2) is 6.10 Å². The third kappa shape index (κ3) is 35.6. The Morgan fingerprint density at radius 3 is 1.39 bits per heavy atom. The molecule has 0 aromatic rings. The minimum atomic E-state index is -4.70. The summed E-state index contributed by atoms with van der Waals surface area (Å²) < 4.78 is 28.1. The SMILES string of the molecule is CCCCCCCC/C=C\CCCCCCCC(=O)OCC(COP(=O)(O)N[C@@H](CO)C(=O)O)OC(=O)CCCCCCC/C=C\CCCCCCCC. The molecular formula is C42H78NO10P. The maximum atomic E-state index is 12.6. The zero-order valence-electron chi connectivity index (χ0n) is 34.0. The normalized spacial score (nSPS) is 14.0. The van der Waals surface area contributed by atoms with E-state index in [1.807, 2.05) is 5.09 Å². The first-order chi connectivity index (χ1) is 26.1. The number of carbonyl (C=O) groups excluding carboxylic acids is 2. The number of carboxylic acids is 1. The van der Waals surface area contributed by atoms with Crippen molar-refractivity contribution in [2.45, 2.75) is 206 Å². The molecule has 0 aromatic heterocycles. The molecule has 54 heavy (non-hydrogen) atoms. The Morgan fingerprint density at radius 2 is 0.981 bits per heavy atom. The number of aliphatic hydroxyl groups excluding tert-OH is 1. The predicted molar refractivity (Wildman–Crippen MR) is 217 cm³/mol. The average Bonchev–Trinajstić information content (AvgIpc) is 3.14. The number of allylic oxidation sites excluding steroid dienone is 4. The van der Waals surface area contributed by atoms with Gasteiger partial charge in [-0.15, -0.1) is 0 Å². The number of nitrogens with one attached hydrogen (secondary N) is 1. The van der Waals surface area contributed by atoms with E-state index in [-0.39, 0.29) is 19.4 Å². The lowest BCUT2D eigenvalue weighted by molar-refractivity contribution is -0.161. The highest BCUT2D eigenvalue weighted by Crippen LogP contribution is 2.37. The van der Waals surface area contributed by atoms with E-state index in [2.05, 4.69) is 38.2 Å². The van der Waals surface area contributed by atoms with Crippen LogP contribution in [-0.4, -0.2) is 65.0 Å². The van der Waals surface area contributed by atoms with E-state index in [9.17, 15) is 28.9 Å². The third-order valence-corrected chi connectivity index (χ3v) is 10.4. The number of hydrogen-bond acceptors (Lipinski definition) is 8. The zero-order valence-corrected chi connectivity index (χ0v) is 34.9. The van der Waals surface area contributed by atoms with Gasteiger partial charge in [-0.25, -0.2) is 9.65 Å². The van der Waals surface area contributed by atoms with Gasteiger partial charge in [0.2, 0.25) is 0 Å². The number of hydrogen-bond donors (Lipinski definition) is 4. The molecule has 4 N–H and O–H groups in total. The summed E-state index contributed by atoms with van der Waals surface area (Å²) in [4.78, 5) is 46.3. The topological polar surface area (TPSA) is 169 Å². The monoisotopic (exact) mass is 788 g/mol. The molecule has 3 atom stereocenters. The van der Waals surface area contributed by atoms with Crippen molar-refractivity contribution in [3.63, 3.8) is 0 Å². The van der Waals surface area contributed by atoms with Crippen LogP contribution in [0.1, 0.15) is 194 Å². The van der Waals surface area contributed by atoms with Crippen LogP contribution in [0.4, 0.5) is 0 Å². The van der Waals surface area contributed by atoms with Gasteiger partial charge >= 0.3 is 25.7 Å². The zero-order chi connectivity index (χ0) is 40.0. The largest absolute Gasteiger partial charge is 0.480 e. The first-order valence-corrected chi connectivity index (χ1v) is 23.0. The molecule has 0 aliphatic heterocycles. The molecule has 0 rings (SSSR count). The van der Waals surface area contributed by atoms with Crippen molar-refractivity contribution in [3.05, 3.63) is 24.3 Å². The van der Waals surface area contributed by atoms with Gasteiger partial charge in [0.1, 0.15) is 12.6 Å². The first kappa shape index (κ1) is 52.0. The Hall–Kier alpha value is -2.04. The number of carbonyl (C=O) groups is 3. The predicted octanol–water partition coefficient (Wildman–Crippen LogP) is 10.7. The minimum Gasteiger partial charge on any atom is -0.480 e. The molecule has 11 nitrogen and oxygen atoms in total. The van der Waals surface area contributed by atoms with Crippen LogP contribution in [-0.2, 0) is 32.9 Å². The Bertz CT molecular complexity index is 1020. The number of aliphatic carboxylic acids is 1. The molecule has 0 aliphatic rings. The molecule has 0 saturated carbocycles. The minimum absolute atomic E-state index is 0.137. The van der Waals surface area contributed by atoms with E-state index >= 15 is 0 Å². The van der Waals surface area contributed by atoms with Crippen LogP contribution in [0.15, 0.2) is 24.3 Å². The molecule has 0 heterocycles. The molecule has 0 radical (unpaired) electrons. The number of esters is 2. The lowest BCUT2D eigenvalue weighted by Gasteiger charge is -2.21. The number of carboxylic acid groups (broad SMARTS) is 1. The maximum Gasteiger partial charge on any atom is 0.403 e. The average molecular weight is 788 g/mol. The molecule has 0 aromatic carbocycles. The lowest BCUT2D eigenvalue weighted by Crippen LogP contribution is -2.38. The van der Waals surface area contributed by atoms with Crippen molar-refractivity contribution >= 4 is 25.7 Å². The summed E-state index contributed by atoms with van der Waals surface area (Å²) in [7, 11) is -4.70. The van der Waals surface area contributed by atoms with Crippen molar-refractivity contribution in [2.75, 3.05) is 19.8 Å². The standard InChI is InChI=1S/C42H78NO10P/c1-3-5-7-9-11-13-15-17-19-21-23-25-27-29-31-33-40(45)51-36-38(37-52-54(49,50)43-39(35-44)42(47)48)53-41(46)34-32-30-28-26-24-22-20-18-16-14-12-10-8-6-4-2/h17-20,38-39,44H,3-16,21-37H2,1-2H3,(H,47,48)(H2,43,49,50)/b19-17-,20-18-/t38?,39-/m0/s1. The summed E-state index contributed by atoms with van der Waals surface area (Å²) in [5.74, 6) is -2.56. The van der Waals surface area contributed by atoms with Gasteiger partial charge in [0, 0.05) is 12.8 Å². The highest BCUT2D eigenvalue weighted by molar-refractivity contribution is 7.50. The smallest absolute Gasteiger partial charge is 0.403 e. The molecule has 12 heteroatoms. The van der Waals surface area contributed by atoms with Crippen LogP contribution >= 0.6 is 7.75 Å². The summed E-state index contributed by atoms with van der Waals surface area (Å²) >= 11 is 0. The maximum absolute atomic E-state index is 12.6. The Kier molecular flexibility index (Phi) is 36.4. The molecule has 0 saturated heterocycles. The second-order valence-electron chi connectivity index (χ2n) is 14.5. The Balaban J connectivity index is 4.43. The Labute approximate surface area is 328 Å². The van der Waals surface area contributed by atoms with Crippen molar-refractivity contribution in [2.24, 2.45) is 0 Å². The number of rotatable bonds is 40. The van der Waals surface area contributed by atoms with Crippen molar-refractivity contribution in [1.82, 2.24) is 5.09 Å². The summed E-state index contributed by atoms with van der Waals surface area (Å²) in [6.45, 7) is 2.55. The van der Waals surface area contributed by atoms with Gasteiger partial charge < -0.3 is 24.6 Å². The van der Waals surface area contributed by atoms with Gasteiger partial charge in [-0.1, -0.05) is 141 Å². The second kappa shape index (κ2) is 37.9. The summed E-state index contributed by atoms with van der Waals surface area (Å²) in [6.07, 6.45) is 37.9. The molecule has 0 bridgehead atoms. The molecule has 316 valence electrons.